The van der Waals surface area contributed by atoms with Crippen LogP contribution in [-0.4, -0.2) is 61.1 Å². The van der Waals surface area contributed by atoms with Crippen LogP contribution in [0.4, 0.5) is 0 Å². The Morgan fingerprint density at radius 3 is 2.70 bits per heavy atom. The van der Waals surface area contributed by atoms with Crippen molar-refractivity contribution in [2.24, 2.45) is 0 Å². The molecule has 0 saturated carbocycles. The van der Waals surface area contributed by atoms with E-state index in [0.29, 0.717) is 23.7 Å². The molecule has 0 unspecified atom stereocenters. The zero-order valence-corrected chi connectivity index (χ0v) is 13.0. The molecule has 7 heteroatoms. The summed E-state index contributed by atoms with van der Waals surface area (Å²) in [5, 5.41) is 12.4. The zero-order chi connectivity index (χ0) is 14.2. The summed E-state index contributed by atoms with van der Waals surface area (Å²) >= 11 is 1.23. The third-order valence-corrected chi connectivity index (χ3v) is 7.32. The Hall–Kier alpha value is -0.470. The van der Waals surface area contributed by atoms with Gasteiger partial charge in [0.2, 0.25) is 0 Å². The predicted octanol–water partition coefficient (Wildman–Crippen LogP) is 0.969. The molecule has 20 heavy (non-hydrogen) atoms. The first-order chi connectivity index (χ1) is 9.50. The molecule has 1 aromatic rings. The van der Waals surface area contributed by atoms with Crippen LogP contribution in [0.5, 0.6) is 0 Å². The highest BCUT2D eigenvalue weighted by Crippen LogP contribution is 2.30. The number of hydrogen-bond acceptors (Lipinski definition) is 5. The molecule has 2 aliphatic rings. The predicted molar refractivity (Wildman–Crippen MR) is 78.3 cm³/mol. The van der Waals surface area contributed by atoms with Gasteiger partial charge in [0, 0.05) is 19.6 Å². The molecule has 0 amide bonds. The number of rotatable bonds is 4. The summed E-state index contributed by atoms with van der Waals surface area (Å²) in [5.74, 6) is 0. The van der Waals surface area contributed by atoms with Crippen molar-refractivity contribution in [1.82, 2.24) is 9.21 Å². The number of aliphatic hydroxyl groups is 1. The molecule has 0 spiro atoms. The Kier molecular flexibility index (Phi) is 3.89. The molecular weight excluding hydrogens is 296 g/mol. The number of hydrogen-bond donors (Lipinski definition) is 1. The van der Waals surface area contributed by atoms with Crippen LogP contribution >= 0.6 is 11.3 Å². The van der Waals surface area contributed by atoms with Gasteiger partial charge in [-0.1, -0.05) is 6.07 Å². The summed E-state index contributed by atoms with van der Waals surface area (Å²) in [6.45, 7) is 3.23. The van der Waals surface area contributed by atoms with Crippen molar-refractivity contribution in [2.45, 2.75) is 29.1 Å². The van der Waals surface area contributed by atoms with E-state index in [1.807, 2.05) is 0 Å². The van der Waals surface area contributed by atoms with Crippen molar-refractivity contribution in [3.05, 3.63) is 17.5 Å². The lowest BCUT2D eigenvalue weighted by Gasteiger charge is -2.28. The molecule has 3 rings (SSSR count). The van der Waals surface area contributed by atoms with Gasteiger partial charge in [-0.15, -0.1) is 11.3 Å². The van der Waals surface area contributed by atoms with Crippen LogP contribution in [-0.2, 0) is 10.0 Å². The second-order valence-corrected chi connectivity index (χ2v) is 8.84. The third-order valence-electron chi connectivity index (χ3n) is 4.10. The Morgan fingerprint density at radius 2 is 2.05 bits per heavy atom. The van der Waals surface area contributed by atoms with E-state index < -0.39 is 15.6 Å². The van der Waals surface area contributed by atoms with Crippen LogP contribution in [0.1, 0.15) is 19.3 Å². The molecular formula is C13H20N2O3S2. The number of nitrogens with zero attached hydrogens (tertiary/aromatic N) is 2. The SMILES string of the molecule is O=S(=O)(c1cccs1)N1CC[C@@](O)(CN2CCCC2)C1. The topological polar surface area (TPSA) is 60.9 Å². The summed E-state index contributed by atoms with van der Waals surface area (Å²) in [4.78, 5) is 2.24. The Bertz CT molecular complexity index is 552. The van der Waals surface area contributed by atoms with Gasteiger partial charge in [0.25, 0.3) is 10.0 Å². The van der Waals surface area contributed by atoms with Crippen LogP contribution in [0.25, 0.3) is 0 Å². The molecule has 2 aliphatic heterocycles. The minimum absolute atomic E-state index is 0.212. The zero-order valence-electron chi connectivity index (χ0n) is 11.4. The van der Waals surface area contributed by atoms with Gasteiger partial charge in [-0.25, -0.2) is 8.42 Å². The van der Waals surface area contributed by atoms with Crippen molar-refractivity contribution >= 4 is 21.4 Å². The van der Waals surface area contributed by atoms with Gasteiger partial charge in [-0.3, -0.25) is 0 Å². The molecule has 1 atom stereocenters. The average molecular weight is 316 g/mol. The Balaban J connectivity index is 1.69. The van der Waals surface area contributed by atoms with Crippen LogP contribution < -0.4 is 0 Å². The quantitative estimate of drug-likeness (QED) is 0.899. The van der Waals surface area contributed by atoms with E-state index in [-0.39, 0.29) is 6.54 Å². The molecule has 2 fully saturated rings. The van der Waals surface area contributed by atoms with Gasteiger partial charge >= 0.3 is 0 Å². The highest BCUT2D eigenvalue weighted by molar-refractivity contribution is 7.91. The minimum Gasteiger partial charge on any atom is -0.387 e. The first-order valence-electron chi connectivity index (χ1n) is 6.98. The summed E-state index contributed by atoms with van der Waals surface area (Å²) in [6.07, 6.45) is 2.87. The monoisotopic (exact) mass is 316 g/mol. The van der Waals surface area contributed by atoms with E-state index in [9.17, 15) is 13.5 Å². The van der Waals surface area contributed by atoms with Crippen molar-refractivity contribution in [2.75, 3.05) is 32.7 Å². The van der Waals surface area contributed by atoms with Gasteiger partial charge < -0.3 is 10.0 Å². The maximum atomic E-state index is 12.4. The van der Waals surface area contributed by atoms with E-state index in [0.717, 1.165) is 13.1 Å². The maximum absolute atomic E-state index is 12.4. The molecule has 1 N–H and O–H groups in total. The molecule has 112 valence electrons. The van der Waals surface area contributed by atoms with Gasteiger partial charge in [-0.2, -0.15) is 4.31 Å². The molecule has 5 nitrogen and oxygen atoms in total. The van der Waals surface area contributed by atoms with Gasteiger partial charge in [0.1, 0.15) is 4.21 Å². The second kappa shape index (κ2) is 5.38. The Morgan fingerprint density at radius 1 is 1.30 bits per heavy atom. The van der Waals surface area contributed by atoms with Crippen LogP contribution in [0.2, 0.25) is 0 Å². The normalized spacial score (nSPS) is 29.2. The maximum Gasteiger partial charge on any atom is 0.252 e. The van der Waals surface area contributed by atoms with E-state index in [1.54, 1.807) is 17.5 Å². The lowest BCUT2D eigenvalue weighted by atomic mass is 10.0. The molecule has 0 radical (unpaired) electrons. The fourth-order valence-electron chi connectivity index (χ4n) is 3.05. The number of likely N-dealkylation sites (tertiary alicyclic amines) is 1. The fourth-order valence-corrected chi connectivity index (χ4v) is 5.71. The van der Waals surface area contributed by atoms with Crippen molar-refractivity contribution < 1.29 is 13.5 Å². The summed E-state index contributed by atoms with van der Waals surface area (Å²) in [5.41, 5.74) is -0.894. The smallest absolute Gasteiger partial charge is 0.252 e. The van der Waals surface area contributed by atoms with Gasteiger partial charge in [-0.05, 0) is 43.8 Å². The van der Waals surface area contributed by atoms with E-state index in [2.05, 4.69) is 4.90 Å². The first kappa shape index (κ1) is 14.5. The largest absolute Gasteiger partial charge is 0.387 e. The van der Waals surface area contributed by atoms with Gasteiger partial charge in [0.15, 0.2) is 0 Å². The fraction of sp³-hybridized carbons (Fsp3) is 0.692. The van der Waals surface area contributed by atoms with Crippen LogP contribution in [0.3, 0.4) is 0 Å². The molecule has 2 saturated heterocycles. The summed E-state index contributed by atoms with van der Waals surface area (Å²) in [7, 11) is -3.43. The molecule has 1 aromatic heterocycles. The lowest BCUT2D eigenvalue weighted by molar-refractivity contribution is 0.0233. The molecule has 0 bridgehead atoms. The third kappa shape index (κ3) is 2.78. The van der Waals surface area contributed by atoms with E-state index in [1.165, 1.54) is 28.5 Å². The molecule has 3 heterocycles. The minimum atomic E-state index is -3.43. The Labute approximate surface area is 123 Å². The number of β-amino-alcohol motifs (C(OH)–C–C–N with tert-alkyl or cyclic N) is 1. The van der Waals surface area contributed by atoms with Crippen molar-refractivity contribution in [3.63, 3.8) is 0 Å². The van der Waals surface area contributed by atoms with E-state index >= 15 is 0 Å². The molecule has 0 aliphatic carbocycles. The highest BCUT2D eigenvalue weighted by atomic mass is 32.2. The molecule has 0 aromatic carbocycles. The van der Waals surface area contributed by atoms with Gasteiger partial charge in [0.05, 0.1) is 5.60 Å². The lowest BCUT2D eigenvalue weighted by Crippen LogP contribution is -2.44. The number of sulfonamides is 1. The second-order valence-electron chi connectivity index (χ2n) is 5.73. The van der Waals surface area contributed by atoms with Crippen molar-refractivity contribution in [1.29, 1.82) is 0 Å². The average Bonchev–Trinajstić information content (AvgIpc) is 3.09. The van der Waals surface area contributed by atoms with Crippen molar-refractivity contribution in [3.8, 4) is 0 Å². The summed E-state index contributed by atoms with van der Waals surface area (Å²) in [6, 6.07) is 3.36. The highest BCUT2D eigenvalue weighted by Gasteiger charge is 2.43. The standard InChI is InChI=1S/C13H20N2O3S2/c16-13(10-14-6-1-2-7-14)5-8-15(11-13)20(17,18)12-4-3-9-19-12/h3-4,9,16H,1-2,5-8,10-11H2/t13-/m1/s1. The first-order valence-corrected chi connectivity index (χ1v) is 9.30. The van der Waals surface area contributed by atoms with E-state index in [4.69, 9.17) is 0 Å². The van der Waals surface area contributed by atoms with Crippen LogP contribution in [0.15, 0.2) is 21.7 Å². The summed E-state index contributed by atoms with van der Waals surface area (Å²) < 4.78 is 26.7. The number of thiophene rings is 1. The van der Waals surface area contributed by atoms with Crippen LogP contribution in [0, 0.1) is 0 Å².